The second-order valence-electron chi connectivity index (χ2n) is 4.64. The molecule has 0 amide bonds. The minimum Gasteiger partial charge on any atom is -0.355 e. The molecular formula is C10H13BrClN3. The molecule has 15 heavy (non-hydrogen) atoms. The lowest BCUT2D eigenvalue weighted by Crippen LogP contribution is -2.24. The molecule has 0 saturated carbocycles. The SMILES string of the molecule is CC1(C)CCN(c2ncnc(Cl)c2Br)C1. The minimum absolute atomic E-state index is 0.358. The summed E-state index contributed by atoms with van der Waals surface area (Å²) in [5.74, 6) is 0.903. The number of nitrogens with zero attached hydrogens (tertiary/aromatic N) is 3. The van der Waals surface area contributed by atoms with E-state index >= 15 is 0 Å². The third-order valence-electron chi connectivity index (χ3n) is 2.71. The van der Waals surface area contributed by atoms with Crippen molar-refractivity contribution in [2.75, 3.05) is 18.0 Å². The molecular weight excluding hydrogens is 277 g/mol. The van der Waals surface area contributed by atoms with Crippen molar-refractivity contribution in [2.24, 2.45) is 5.41 Å². The molecule has 0 aromatic carbocycles. The molecule has 0 N–H and O–H groups in total. The second-order valence-corrected chi connectivity index (χ2v) is 5.79. The highest BCUT2D eigenvalue weighted by Crippen LogP contribution is 2.36. The van der Waals surface area contributed by atoms with E-state index in [-0.39, 0.29) is 0 Å². The maximum absolute atomic E-state index is 5.94. The summed E-state index contributed by atoms with van der Waals surface area (Å²) in [6.07, 6.45) is 2.69. The van der Waals surface area contributed by atoms with Gasteiger partial charge < -0.3 is 4.90 Å². The maximum atomic E-state index is 5.94. The zero-order chi connectivity index (χ0) is 11.1. The van der Waals surface area contributed by atoms with E-state index in [1.807, 2.05) is 0 Å². The number of rotatable bonds is 1. The molecule has 1 aromatic heterocycles. The third-order valence-corrected chi connectivity index (χ3v) is 3.95. The van der Waals surface area contributed by atoms with Gasteiger partial charge in [0.15, 0.2) is 0 Å². The highest BCUT2D eigenvalue weighted by atomic mass is 79.9. The van der Waals surface area contributed by atoms with Crippen LogP contribution in [0.25, 0.3) is 0 Å². The topological polar surface area (TPSA) is 29.0 Å². The van der Waals surface area contributed by atoms with Crippen molar-refractivity contribution < 1.29 is 0 Å². The maximum Gasteiger partial charge on any atom is 0.148 e. The zero-order valence-electron chi connectivity index (χ0n) is 8.80. The lowest BCUT2D eigenvalue weighted by molar-refractivity contribution is 0.418. The highest BCUT2D eigenvalue weighted by molar-refractivity contribution is 9.10. The van der Waals surface area contributed by atoms with E-state index in [1.165, 1.54) is 12.7 Å². The molecule has 2 rings (SSSR count). The summed E-state index contributed by atoms with van der Waals surface area (Å²) in [7, 11) is 0. The Morgan fingerprint density at radius 3 is 2.80 bits per heavy atom. The summed E-state index contributed by atoms with van der Waals surface area (Å²) < 4.78 is 0.796. The summed E-state index contributed by atoms with van der Waals surface area (Å²) in [4.78, 5) is 10.4. The molecule has 0 spiro atoms. The van der Waals surface area contributed by atoms with Crippen LogP contribution in [0.5, 0.6) is 0 Å². The molecule has 0 unspecified atom stereocenters. The second kappa shape index (κ2) is 3.91. The van der Waals surface area contributed by atoms with Gasteiger partial charge in [0.25, 0.3) is 0 Å². The van der Waals surface area contributed by atoms with E-state index in [1.54, 1.807) is 0 Å². The lowest BCUT2D eigenvalue weighted by atomic mass is 9.93. The Balaban J connectivity index is 2.28. The van der Waals surface area contributed by atoms with Crippen LogP contribution in [0.1, 0.15) is 20.3 Å². The third kappa shape index (κ3) is 2.26. The van der Waals surface area contributed by atoms with Gasteiger partial charge in [-0.15, -0.1) is 0 Å². The van der Waals surface area contributed by atoms with Crippen molar-refractivity contribution in [3.05, 3.63) is 16.0 Å². The fraction of sp³-hybridized carbons (Fsp3) is 0.600. The lowest BCUT2D eigenvalue weighted by Gasteiger charge is -2.21. The van der Waals surface area contributed by atoms with Gasteiger partial charge in [0.2, 0.25) is 0 Å². The normalized spacial score (nSPS) is 19.6. The van der Waals surface area contributed by atoms with Gasteiger partial charge in [0.1, 0.15) is 17.3 Å². The molecule has 2 heterocycles. The van der Waals surface area contributed by atoms with Gasteiger partial charge >= 0.3 is 0 Å². The summed E-state index contributed by atoms with van der Waals surface area (Å²) in [5.41, 5.74) is 0.358. The number of anilines is 1. The predicted octanol–water partition coefficient (Wildman–Crippen LogP) is 3.13. The quantitative estimate of drug-likeness (QED) is 0.744. The van der Waals surface area contributed by atoms with Gasteiger partial charge in [-0.1, -0.05) is 25.4 Å². The van der Waals surface area contributed by atoms with Crippen molar-refractivity contribution in [2.45, 2.75) is 20.3 Å². The van der Waals surface area contributed by atoms with Crippen LogP contribution in [-0.2, 0) is 0 Å². The van der Waals surface area contributed by atoms with Gasteiger partial charge in [0.05, 0.1) is 4.47 Å². The van der Waals surface area contributed by atoms with Crippen LogP contribution in [0.2, 0.25) is 5.15 Å². The van der Waals surface area contributed by atoms with E-state index in [4.69, 9.17) is 11.6 Å². The first kappa shape index (κ1) is 11.1. The fourth-order valence-electron chi connectivity index (χ4n) is 1.85. The summed E-state index contributed by atoms with van der Waals surface area (Å²) in [6, 6.07) is 0. The molecule has 0 atom stereocenters. The predicted molar refractivity (Wildman–Crippen MR) is 65.4 cm³/mol. The van der Waals surface area contributed by atoms with Crippen molar-refractivity contribution in [1.82, 2.24) is 9.97 Å². The van der Waals surface area contributed by atoms with Gasteiger partial charge in [0, 0.05) is 13.1 Å². The minimum atomic E-state index is 0.358. The molecule has 1 aromatic rings. The molecule has 1 saturated heterocycles. The van der Waals surface area contributed by atoms with E-state index in [0.29, 0.717) is 10.6 Å². The zero-order valence-corrected chi connectivity index (χ0v) is 11.1. The molecule has 0 aliphatic carbocycles. The smallest absolute Gasteiger partial charge is 0.148 e. The Labute approximate surface area is 103 Å². The van der Waals surface area contributed by atoms with Crippen LogP contribution >= 0.6 is 27.5 Å². The van der Waals surface area contributed by atoms with Crippen LogP contribution in [0.3, 0.4) is 0 Å². The fourth-order valence-corrected chi connectivity index (χ4v) is 2.44. The van der Waals surface area contributed by atoms with Crippen LogP contribution in [0, 0.1) is 5.41 Å². The average Bonchev–Trinajstić information content (AvgIpc) is 2.51. The first-order valence-corrected chi connectivity index (χ1v) is 6.08. The molecule has 82 valence electrons. The first-order valence-electron chi connectivity index (χ1n) is 4.90. The van der Waals surface area contributed by atoms with Crippen molar-refractivity contribution in [1.29, 1.82) is 0 Å². The van der Waals surface area contributed by atoms with Gasteiger partial charge in [-0.05, 0) is 27.8 Å². The molecule has 3 nitrogen and oxygen atoms in total. The monoisotopic (exact) mass is 289 g/mol. The summed E-state index contributed by atoms with van der Waals surface area (Å²) >= 11 is 9.37. The Bertz CT molecular complexity index is 381. The molecule has 0 radical (unpaired) electrons. The summed E-state index contributed by atoms with van der Waals surface area (Å²) in [6.45, 7) is 6.57. The van der Waals surface area contributed by atoms with Gasteiger partial charge in [-0.2, -0.15) is 0 Å². The Morgan fingerprint density at radius 2 is 2.20 bits per heavy atom. The largest absolute Gasteiger partial charge is 0.355 e. The van der Waals surface area contributed by atoms with Gasteiger partial charge in [-0.25, -0.2) is 9.97 Å². The Morgan fingerprint density at radius 1 is 1.47 bits per heavy atom. The first-order chi connectivity index (χ1) is 6.99. The molecule has 1 fully saturated rings. The van der Waals surface area contributed by atoms with Crippen molar-refractivity contribution in [3.8, 4) is 0 Å². The van der Waals surface area contributed by atoms with E-state index in [0.717, 1.165) is 23.4 Å². The Kier molecular flexibility index (Phi) is 2.90. The van der Waals surface area contributed by atoms with Crippen LogP contribution in [0.15, 0.2) is 10.8 Å². The summed E-state index contributed by atoms with van der Waals surface area (Å²) in [5, 5.41) is 0.477. The number of hydrogen-bond acceptors (Lipinski definition) is 3. The number of hydrogen-bond donors (Lipinski definition) is 0. The van der Waals surface area contributed by atoms with Crippen LogP contribution in [0.4, 0.5) is 5.82 Å². The van der Waals surface area contributed by atoms with Crippen LogP contribution < -0.4 is 4.90 Å². The standard InChI is InChI=1S/C10H13BrClN3/c1-10(2)3-4-15(5-10)9-7(11)8(12)13-6-14-9/h6H,3-5H2,1-2H3. The molecule has 1 aliphatic rings. The molecule has 5 heteroatoms. The highest BCUT2D eigenvalue weighted by Gasteiger charge is 2.31. The number of aromatic nitrogens is 2. The molecule has 0 bridgehead atoms. The van der Waals surface area contributed by atoms with E-state index < -0.39 is 0 Å². The van der Waals surface area contributed by atoms with Crippen LogP contribution in [-0.4, -0.2) is 23.1 Å². The van der Waals surface area contributed by atoms with Crippen molar-refractivity contribution in [3.63, 3.8) is 0 Å². The molecule has 1 aliphatic heterocycles. The Hall–Kier alpha value is -0.350. The van der Waals surface area contributed by atoms with Gasteiger partial charge in [-0.3, -0.25) is 0 Å². The van der Waals surface area contributed by atoms with Crippen molar-refractivity contribution >= 4 is 33.3 Å². The van der Waals surface area contributed by atoms with E-state index in [2.05, 4.69) is 44.6 Å². The number of halogens is 2. The average molecular weight is 291 g/mol. The van der Waals surface area contributed by atoms with E-state index in [9.17, 15) is 0 Å².